The molecule has 2 rings (SSSR count). The van der Waals surface area contributed by atoms with Crippen LogP contribution in [0.2, 0.25) is 0 Å². The first-order valence-electron chi connectivity index (χ1n) is 5.90. The van der Waals surface area contributed by atoms with E-state index in [4.69, 9.17) is 9.84 Å². The number of phenols is 1. The molecule has 0 aromatic heterocycles. The number of ether oxygens (including phenoxy) is 1. The van der Waals surface area contributed by atoms with Gasteiger partial charge in [0.15, 0.2) is 0 Å². The van der Waals surface area contributed by atoms with E-state index in [1.54, 1.807) is 12.1 Å². The predicted octanol–water partition coefficient (Wildman–Crippen LogP) is 1.55. The number of phenolic OH excluding ortho intramolecular Hbond substituents is 1. The van der Waals surface area contributed by atoms with Crippen LogP contribution in [0.25, 0.3) is 0 Å². The van der Waals surface area contributed by atoms with Gasteiger partial charge in [-0.15, -0.1) is 0 Å². The summed E-state index contributed by atoms with van der Waals surface area (Å²) in [5.41, 5.74) is 0.575. The monoisotopic (exact) mass is 235 g/mol. The molecule has 4 heteroatoms. The van der Waals surface area contributed by atoms with E-state index in [0.29, 0.717) is 18.0 Å². The van der Waals surface area contributed by atoms with Crippen LogP contribution >= 0.6 is 0 Å². The number of amides is 1. The lowest BCUT2D eigenvalue weighted by atomic mass is 10.1. The number of carbonyl (C=O) groups is 1. The second kappa shape index (κ2) is 5.68. The molecule has 1 unspecified atom stereocenters. The number of hydrogen-bond acceptors (Lipinski definition) is 3. The minimum absolute atomic E-state index is 0.0936. The molecule has 2 N–H and O–H groups in total. The van der Waals surface area contributed by atoms with Crippen LogP contribution in [0.4, 0.5) is 0 Å². The standard InChI is InChI=1S/C13H17NO3/c15-12-3-1-11(2-4-12)13(16)14-7-5-10-6-8-17-9-10/h1-4,10,15H,5-9H2,(H,14,16). The number of hydrogen-bond donors (Lipinski definition) is 2. The highest BCUT2D eigenvalue weighted by molar-refractivity contribution is 5.94. The predicted molar refractivity (Wildman–Crippen MR) is 64.0 cm³/mol. The maximum atomic E-state index is 11.7. The van der Waals surface area contributed by atoms with Gasteiger partial charge in [0.2, 0.25) is 0 Å². The van der Waals surface area contributed by atoms with Gasteiger partial charge >= 0.3 is 0 Å². The van der Waals surface area contributed by atoms with Crippen LogP contribution in [0.3, 0.4) is 0 Å². The van der Waals surface area contributed by atoms with Gasteiger partial charge in [0, 0.05) is 25.3 Å². The first-order chi connectivity index (χ1) is 8.25. The molecule has 0 aliphatic carbocycles. The van der Waals surface area contributed by atoms with E-state index in [9.17, 15) is 4.79 Å². The molecule has 0 radical (unpaired) electrons. The van der Waals surface area contributed by atoms with E-state index in [1.807, 2.05) is 0 Å². The molecular weight excluding hydrogens is 218 g/mol. The van der Waals surface area contributed by atoms with Gasteiger partial charge in [-0.2, -0.15) is 0 Å². The SMILES string of the molecule is O=C(NCCC1CCOC1)c1ccc(O)cc1. The van der Waals surface area contributed by atoms with Gasteiger partial charge in [-0.25, -0.2) is 0 Å². The molecule has 1 aliphatic rings. The summed E-state index contributed by atoms with van der Waals surface area (Å²) in [5.74, 6) is 0.656. The van der Waals surface area contributed by atoms with Crippen LogP contribution in [0.1, 0.15) is 23.2 Å². The Morgan fingerprint density at radius 1 is 1.41 bits per heavy atom. The van der Waals surface area contributed by atoms with Crippen molar-refractivity contribution >= 4 is 5.91 Å². The van der Waals surface area contributed by atoms with E-state index in [2.05, 4.69) is 5.32 Å². The number of carbonyl (C=O) groups excluding carboxylic acids is 1. The average molecular weight is 235 g/mol. The fourth-order valence-corrected chi connectivity index (χ4v) is 1.92. The maximum absolute atomic E-state index is 11.7. The van der Waals surface area contributed by atoms with Crippen LogP contribution < -0.4 is 5.32 Å². The van der Waals surface area contributed by atoms with Crippen LogP contribution in [0, 0.1) is 5.92 Å². The molecule has 1 aromatic carbocycles. The Balaban J connectivity index is 1.75. The molecule has 0 saturated carbocycles. The largest absolute Gasteiger partial charge is 0.508 e. The van der Waals surface area contributed by atoms with Crippen molar-refractivity contribution in [2.45, 2.75) is 12.8 Å². The van der Waals surface area contributed by atoms with Crippen LogP contribution in [0.5, 0.6) is 5.75 Å². The Bertz CT molecular complexity index is 369. The van der Waals surface area contributed by atoms with Crippen molar-refractivity contribution in [2.75, 3.05) is 19.8 Å². The van der Waals surface area contributed by atoms with Crippen molar-refractivity contribution in [3.8, 4) is 5.75 Å². The summed E-state index contributed by atoms with van der Waals surface area (Å²) in [5, 5.41) is 12.0. The minimum atomic E-state index is -0.0936. The topological polar surface area (TPSA) is 58.6 Å². The Labute approximate surface area is 101 Å². The zero-order chi connectivity index (χ0) is 12.1. The quantitative estimate of drug-likeness (QED) is 0.832. The third-order valence-electron chi connectivity index (χ3n) is 2.99. The van der Waals surface area contributed by atoms with Crippen molar-refractivity contribution < 1.29 is 14.6 Å². The van der Waals surface area contributed by atoms with Gasteiger partial charge in [0.1, 0.15) is 5.75 Å². The van der Waals surface area contributed by atoms with Crippen molar-refractivity contribution in [3.63, 3.8) is 0 Å². The van der Waals surface area contributed by atoms with E-state index >= 15 is 0 Å². The second-order valence-corrected chi connectivity index (χ2v) is 4.32. The molecule has 92 valence electrons. The fourth-order valence-electron chi connectivity index (χ4n) is 1.92. The van der Waals surface area contributed by atoms with Crippen LogP contribution in [-0.2, 0) is 4.74 Å². The van der Waals surface area contributed by atoms with E-state index < -0.39 is 0 Å². The molecule has 4 nitrogen and oxygen atoms in total. The van der Waals surface area contributed by atoms with Crippen LogP contribution in [0.15, 0.2) is 24.3 Å². The van der Waals surface area contributed by atoms with E-state index in [0.717, 1.165) is 26.1 Å². The molecule has 1 fully saturated rings. The van der Waals surface area contributed by atoms with Gasteiger partial charge in [-0.1, -0.05) is 0 Å². The number of aromatic hydroxyl groups is 1. The summed E-state index contributed by atoms with van der Waals surface area (Å²) in [6.45, 7) is 2.33. The summed E-state index contributed by atoms with van der Waals surface area (Å²) in [7, 11) is 0. The molecule has 1 saturated heterocycles. The van der Waals surface area contributed by atoms with Crippen molar-refractivity contribution in [2.24, 2.45) is 5.92 Å². The van der Waals surface area contributed by atoms with E-state index in [1.165, 1.54) is 12.1 Å². The first kappa shape index (κ1) is 11.9. The maximum Gasteiger partial charge on any atom is 0.251 e. The smallest absolute Gasteiger partial charge is 0.251 e. The zero-order valence-electron chi connectivity index (χ0n) is 9.69. The van der Waals surface area contributed by atoms with Gasteiger partial charge in [-0.3, -0.25) is 4.79 Å². The highest BCUT2D eigenvalue weighted by Gasteiger charge is 2.15. The minimum Gasteiger partial charge on any atom is -0.508 e. The molecule has 1 atom stereocenters. The Hall–Kier alpha value is -1.55. The molecule has 1 aliphatic heterocycles. The third-order valence-corrected chi connectivity index (χ3v) is 2.99. The molecule has 1 amide bonds. The number of nitrogens with one attached hydrogen (secondary N) is 1. The highest BCUT2D eigenvalue weighted by Crippen LogP contribution is 2.15. The summed E-state index contributed by atoms with van der Waals surface area (Å²) in [6.07, 6.45) is 2.05. The average Bonchev–Trinajstić information content (AvgIpc) is 2.83. The molecule has 0 bridgehead atoms. The highest BCUT2D eigenvalue weighted by atomic mass is 16.5. The molecule has 1 heterocycles. The van der Waals surface area contributed by atoms with E-state index in [-0.39, 0.29) is 11.7 Å². The molecule has 1 aromatic rings. The normalized spacial score (nSPS) is 19.2. The zero-order valence-corrected chi connectivity index (χ0v) is 9.69. The number of rotatable bonds is 4. The van der Waals surface area contributed by atoms with Gasteiger partial charge in [-0.05, 0) is 43.0 Å². The molecular formula is C13H17NO3. The van der Waals surface area contributed by atoms with Gasteiger partial charge < -0.3 is 15.2 Å². The molecule has 0 spiro atoms. The Morgan fingerprint density at radius 2 is 2.18 bits per heavy atom. The van der Waals surface area contributed by atoms with Gasteiger partial charge in [0.05, 0.1) is 0 Å². The number of benzene rings is 1. The van der Waals surface area contributed by atoms with Gasteiger partial charge in [0.25, 0.3) is 5.91 Å². The second-order valence-electron chi connectivity index (χ2n) is 4.32. The first-order valence-corrected chi connectivity index (χ1v) is 5.90. The Morgan fingerprint density at radius 3 is 2.82 bits per heavy atom. The Kier molecular flexibility index (Phi) is 3.98. The van der Waals surface area contributed by atoms with Crippen LogP contribution in [-0.4, -0.2) is 30.8 Å². The fraction of sp³-hybridized carbons (Fsp3) is 0.462. The van der Waals surface area contributed by atoms with Crippen molar-refractivity contribution in [1.29, 1.82) is 0 Å². The third kappa shape index (κ3) is 3.46. The summed E-state index contributed by atoms with van der Waals surface area (Å²) in [6, 6.07) is 6.26. The lowest BCUT2D eigenvalue weighted by molar-refractivity contribution is 0.0950. The molecule has 17 heavy (non-hydrogen) atoms. The lowest BCUT2D eigenvalue weighted by Crippen LogP contribution is -2.25. The summed E-state index contributed by atoms with van der Waals surface area (Å²) in [4.78, 5) is 11.7. The summed E-state index contributed by atoms with van der Waals surface area (Å²) < 4.78 is 5.27. The van der Waals surface area contributed by atoms with Crippen molar-refractivity contribution in [1.82, 2.24) is 5.32 Å². The summed E-state index contributed by atoms with van der Waals surface area (Å²) >= 11 is 0. The van der Waals surface area contributed by atoms with Crippen molar-refractivity contribution in [3.05, 3.63) is 29.8 Å². The lowest BCUT2D eigenvalue weighted by Gasteiger charge is -2.08.